The molecule has 1 fully saturated rings. The van der Waals surface area contributed by atoms with E-state index < -0.39 is 29.2 Å². The number of thiazole rings is 1. The number of thioether (sulfide) groups is 3. The lowest BCUT2D eigenvalue weighted by Gasteiger charge is -2.50. The van der Waals surface area contributed by atoms with Gasteiger partial charge in [-0.15, -0.1) is 34.9 Å². The van der Waals surface area contributed by atoms with Crippen molar-refractivity contribution in [3.8, 4) is 0 Å². The van der Waals surface area contributed by atoms with Crippen LogP contribution in [0.4, 0.5) is 0 Å². The van der Waals surface area contributed by atoms with Gasteiger partial charge in [-0.2, -0.15) is 4.57 Å². The molecule has 2 atom stereocenters. The maximum Gasteiger partial charge on any atom is 0.283 e. The van der Waals surface area contributed by atoms with Crippen LogP contribution in [-0.4, -0.2) is 62.2 Å². The normalized spacial score (nSPS) is 18.7. The Balaban J connectivity index is 1.18. The van der Waals surface area contributed by atoms with Crippen LogP contribution in [0.3, 0.4) is 0 Å². The number of carboxylic acid groups (broad SMARTS) is 1. The molecule has 1 saturated heterocycles. The smallest absolute Gasteiger partial charge is 0.283 e. The van der Waals surface area contributed by atoms with E-state index in [1.807, 2.05) is 24.3 Å². The highest BCUT2D eigenvalue weighted by Crippen LogP contribution is 2.41. The van der Waals surface area contributed by atoms with Gasteiger partial charge in [0.15, 0.2) is 16.7 Å². The van der Waals surface area contributed by atoms with E-state index in [0.29, 0.717) is 17.1 Å². The summed E-state index contributed by atoms with van der Waals surface area (Å²) in [7, 11) is 0. The number of pyridine rings is 1. The van der Waals surface area contributed by atoms with E-state index in [2.05, 4.69) is 10.3 Å². The number of nitrogens with one attached hydrogen (secondary N) is 1. The number of fused-ring (bicyclic) bond motifs is 2. The third kappa shape index (κ3) is 5.67. The highest BCUT2D eigenvalue weighted by atomic mass is 32.2. The molecule has 2 aromatic heterocycles. The highest BCUT2D eigenvalue weighted by molar-refractivity contribution is 8.01. The predicted molar refractivity (Wildman–Crippen MR) is 144 cm³/mol. The molecule has 4 heterocycles. The average molecular weight is 588 g/mol. The number of hydrogen-bond donors (Lipinski definition) is 2. The van der Waals surface area contributed by atoms with E-state index in [1.165, 1.54) is 51.5 Å². The Morgan fingerprint density at radius 3 is 2.66 bits per heavy atom. The molecule has 0 radical (unpaired) electrons. The first-order valence-electron chi connectivity index (χ1n) is 11.4. The zero-order chi connectivity index (χ0) is 26.8. The van der Waals surface area contributed by atoms with Gasteiger partial charge in [-0.25, -0.2) is 4.98 Å². The number of nitrogens with zero attached hydrogens (tertiary/aromatic N) is 3. The maximum absolute atomic E-state index is 12.9. The van der Waals surface area contributed by atoms with E-state index in [0.717, 1.165) is 19.5 Å². The van der Waals surface area contributed by atoms with Crippen molar-refractivity contribution in [1.29, 1.82) is 0 Å². The summed E-state index contributed by atoms with van der Waals surface area (Å²) in [5.74, 6) is -1.80. The van der Waals surface area contributed by atoms with Gasteiger partial charge in [0.05, 0.1) is 27.6 Å². The molecular formula is C24H21N5O5S4. The maximum atomic E-state index is 12.9. The molecule has 0 unspecified atom stereocenters. The molecule has 0 spiro atoms. The van der Waals surface area contributed by atoms with Crippen molar-refractivity contribution in [2.45, 2.75) is 27.2 Å². The molecule has 3 amide bonds. The molecule has 10 nitrogen and oxygen atoms in total. The third-order valence-corrected chi connectivity index (χ3v) is 10.4. The largest absolute Gasteiger partial charge is 0.543 e. The summed E-state index contributed by atoms with van der Waals surface area (Å²) in [6.07, 6.45) is 3.43. The number of para-hydroxylation sites is 1. The number of hydrogen-bond acceptors (Lipinski definition) is 10. The molecule has 14 heteroatoms. The van der Waals surface area contributed by atoms with E-state index in [1.54, 1.807) is 29.1 Å². The molecule has 0 bridgehead atoms. The number of aliphatic carboxylic acids is 1. The van der Waals surface area contributed by atoms with Crippen molar-refractivity contribution in [3.05, 3.63) is 60.1 Å². The predicted octanol–water partition coefficient (Wildman–Crippen LogP) is 0.357. The van der Waals surface area contributed by atoms with Crippen molar-refractivity contribution in [2.75, 3.05) is 17.3 Å². The fourth-order valence-electron chi connectivity index (χ4n) is 4.03. The standard InChI is InChI=1S/C24H21N5O5S4/c25-17(30)9-28-7-5-14(6-8-28)35-10-13-11-36-22-19(21(32)29(22)20(13)23(33)34)27-18(31)12-37-24-26-15-3-1-2-4-16(15)38-24/h1-8,19,22H,9-12H2,(H3-,25,27,30,31,33,34)/t19-,22-/m1/s1. The van der Waals surface area contributed by atoms with Crippen molar-refractivity contribution < 1.29 is 28.9 Å². The van der Waals surface area contributed by atoms with Crippen LogP contribution < -0.4 is 20.7 Å². The van der Waals surface area contributed by atoms with Crippen molar-refractivity contribution in [3.63, 3.8) is 0 Å². The quantitative estimate of drug-likeness (QED) is 0.195. The van der Waals surface area contributed by atoms with Gasteiger partial charge in [-0.3, -0.25) is 19.3 Å². The summed E-state index contributed by atoms with van der Waals surface area (Å²) in [5.41, 5.74) is 6.53. The summed E-state index contributed by atoms with van der Waals surface area (Å²) >= 11 is 5.62. The van der Waals surface area contributed by atoms with E-state index in [-0.39, 0.29) is 23.9 Å². The molecule has 3 aromatic rings. The first kappa shape index (κ1) is 26.5. The van der Waals surface area contributed by atoms with Crippen LogP contribution in [0.25, 0.3) is 10.2 Å². The van der Waals surface area contributed by atoms with Crippen LogP contribution in [0.2, 0.25) is 0 Å². The number of aromatic nitrogens is 2. The molecule has 2 aliphatic rings. The Bertz CT molecular complexity index is 1420. The molecule has 196 valence electrons. The van der Waals surface area contributed by atoms with Gasteiger partial charge in [-0.05, 0) is 17.7 Å². The van der Waals surface area contributed by atoms with Gasteiger partial charge in [0.1, 0.15) is 11.4 Å². The summed E-state index contributed by atoms with van der Waals surface area (Å²) in [5, 5.41) is 14.2. The van der Waals surface area contributed by atoms with Crippen molar-refractivity contribution in [2.24, 2.45) is 5.73 Å². The Kier molecular flexibility index (Phi) is 7.93. The van der Waals surface area contributed by atoms with Gasteiger partial charge < -0.3 is 21.0 Å². The highest BCUT2D eigenvalue weighted by Gasteiger charge is 2.52. The lowest BCUT2D eigenvalue weighted by molar-refractivity contribution is -0.684. The summed E-state index contributed by atoms with van der Waals surface area (Å²) in [4.78, 5) is 55.1. The topological polar surface area (TPSA) is 149 Å². The zero-order valence-corrected chi connectivity index (χ0v) is 23.0. The minimum atomic E-state index is -1.41. The van der Waals surface area contributed by atoms with Crippen molar-refractivity contribution in [1.82, 2.24) is 15.2 Å². The van der Waals surface area contributed by atoms with Gasteiger partial charge >= 0.3 is 0 Å². The number of carbonyl (C=O) groups is 4. The van der Waals surface area contributed by atoms with Crippen LogP contribution in [0.5, 0.6) is 0 Å². The van der Waals surface area contributed by atoms with Crippen molar-refractivity contribution >= 4 is 80.5 Å². The fourth-order valence-corrected chi connectivity index (χ4v) is 8.28. The summed E-state index contributed by atoms with van der Waals surface area (Å²) < 4.78 is 3.44. The number of benzene rings is 1. The second-order valence-electron chi connectivity index (χ2n) is 8.39. The van der Waals surface area contributed by atoms with Gasteiger partial charge in [0.25, 0.3) is 11.8 Å². The third-order valence-electron chi connectivity index (χ3n) is 5.77. The summed E-state index contributed by atoms with van der Waals surface area (Å²) in [6, 6.07) is 10.5. The van der Waals surface area contributed by atoms with Gasteiger partial charge in [0.2, 0.25) is 12.5 Å². The van der Waals surface area contributed by atoms with Crippen LogP contribution in [0, 0.1) is 0 Å². The van der Waals surface area contributed by atoms with Crippen LogP contribution in [-0.2, 0) is 25.7 Å². The lowest BCUT2D eigenvalue weighted by atomic mass is 10.0. The Hall–Kier alpha value is -3.07. The number of carboxylic acids is 1. The average Bonchev–Trinajstić information content (AvgIpc) is 3.32. The van der Waals surface area contributed by atoms with Gasteiger partial charge in [-0.1, -0.05) is 23.9 Å². The zero-order valence-electron chi connectivity index (χ0n) is 19.7. The monoisotopic (exact) mass is 587 g/mol. The van der Waals surface area contributed by atoms with Crippen LogP contribution >= 0.6 is 46.6 Å². The molecule has 5 rings (SSSR count). The van der Waals surface area contributed by atoms with Crippen LogP contribution in [0.1, 0.15) is 0 Å². The molecule has 0 aliphatic carbocycles. The molecule has 0 saturated carbocycles. The number of amides is 3. The molecule has 2 aliphatic heterocycles. The van der Waals surface area contributed by atoms with E-state index in [9.17, 15) is 24.3 Å². The number of nitrogens with two attached hydrogens (primary N) is 1. The van der Waals surface area contributed by atoms with Gasteiger partial charge in [0, 0.05) is 28.5 Å². The minimum Gasteiger partial charge on any atom is -0.543 e. The molecule has 3 N–H and O–H groups in total. The molecular weight excluding hydrogens is 567 g/mol. The first-order valence-corrected chi connectivity index (χ1v) is 15.2. The Morgan fingerprint density at radius 1 is 1.18 bits per heavy atom. The fraction of sp³-hybridized carbons (Fsp3) is 0.250. The summed E-state index contributed by atoms with van der Waals surface area (Å²) in [6.45, 7) is 0.0679. The Morgan fingerprint density at radius 2 is 1.95 bits per heavy atom. The molecule has 38 heavy (non-hydrogen) atoms. The number of primary amides is 1. The first-order chi connectivity index (χ1) is 18.3. The lowest BCUT2D eigenvalue weighted by Crippen LogP contribution is -2.71. The second kappa shape index (κ2) is 11.4. The SMILES string of the molecule is NC(=O)C[n+]1ccc(SCC2=C(C(=O)[O-])N3C(=O)[C@@H](NC(=O)CSc4nc5ccccc5s4)[C@H]3SC2)cc1. The van der Waals surface area contributed by atoms with E-state index in [4.69, 9.17) is 5.73 Å². The minimum absolute atomic E-state index is 0.0679. The number of carbonyl (C=O) groups excluding carboxylic acids is 4. The Labute approximate surface area is 234 Å². The number of β-lactam (4-membered cyclic amide) rings is 1. The van der Waals surface area contributed by atoms with E-state index >= 15 is 0 Å². The van der Waals surface area contributed by atoms with Crippen LogP contribution in [0.15, 0.2) is 69.3 Å². The molecule has 1 aromatic carbocycles. The second-order valence-corrected chi connectivity index (χ2v) is 12.8. The number of rotatable bonds is 10.